The number of hydrogen-bond donors (Lipinski definition) is 2. The van der Waals surface area contributed by atoms with E-state index in [0.717, 1.165) is 12.1 Å². The van der Waals surface area contributed by atoms with Crippen LogP contribution in [0, 0.1) is 5.82 Å². The lowest BCUT2D eigenvalue weighted by Gasteiger charge is -2.12. The molecule has 1 heterocycles. The number of sulfonamides is 1. The van der Waals surface area contributed by atoms with Crippen LogP contribution in [0.3, 0.4) is 0 Å². The van der Waals surface area contributed by atoms with Gasteiger partial charge in [0.05, 0.1) is 12.6 Å². The Morgan fingerprint density at radius 3 is 2.80 bits per heavy atom. The van der Waals surface area contributed by atoms with Gasteiger partial charge in [0.15, 0.2) is 0 Å². The maximum Gasteiger partial charge on any atom is 0.244 e. The van der Waals surface area contributed by atoms with Gasteiger partial charge >= 0.3 is 0 Å². The Hall–Kier alpha value is -1.35. The summed E-state index contributed by atoms with van der Waals surface area (Å²) in [6.45, 7) is 1.29. The van der Waals surface area contributed by atoms with E-state index in [-0.39, 0.29) is 6.61 Å². The molecule has 8 heteroatoms. The van der Waals surface area contributed by atoms with Crippen molar-refractivity contribution >= 4 is 21.4 Å². The second kappa shape index (κ2) is 5.96. The minimum Gasteiger partial charge on any atom is -0.392 e. The largest absolute Gasteiger partial charge is 0.392 e. The highest BCUT2D eigenvalue weighted by Gasteiger charge is 2.23. The third kappa shape index (κ3) is 3.21. The van der Waals surface area contributed by atoms with E-state index in [1.807, 2.05) is 0 Å². The average molecular weight is 316 g/mol. The van der Waals surface area contributed by atoms with E-state index in [1.54, 1.807) is 18.5 Å². The number of nitrogens with zero attached hydrogens (tertiary/aromatic N) is 1. The Balaban J connectivity index is 2.27. The molecule has 0 aliphatic carbocycles. The topological polar surface area (TPSA) is 79.3 Å². The Morgan fingerprint density at radius 1 is 1.50 bits per heavy atom. The maximum absolute atomic E-state index is 13.8. The molecule has 5 nitrogen and oxygen atoms in total. The lowest BCUT2D eigenvalue weighted by molar-refractivity contribution is 0.281. The van der Waals surface area contributed by atoms with Crippen molar-refractivity contribution in [1.29, 1.82) is 0 Å². The van der Waals surface area contributed by atoms with Gasteiger partial charge in [0, 0.05) is 11.6 Å². The molecule has 2 aromatic rings. The van der Waals surface area contributed by atoms with E-state index in [2.05, 4.69) is 9.71 Å². The summed E-state index contributed by atoms with van der Waals surface area (Å²) in [5.41, 5.74) is 0.314. The summed E-state index contributed by atoms with van der Waals surface area (Å²) in [5, 5.41) is 11.2. The molecule has 1 unspecified atom stereocenters. The quantitative estimate of drug-likeness (QED) is 0.882. The summed E-state index contributed by atoms with van der Waals surface area (Å²) < 4.78 is 40.4. The lowest BCUT2D eigenvalue weighted by atomic mass is 10.2. The van der Waals surface area contributed by atoms with Crippen LogP contribution in [0.15, 0.2) is 34.7 Å². The first kappa shape index (κ1) is 15.0. The van der Waals surface area contributed by atoms with Gasteiger partial charge < -0.3 is 5.11 Å². The Labute approximate surface area is 120 Å². The number of nitrogens with one attached hydrogen (secondary N) is 1. The minimum atomic E-state index is -3.98. The van der Waals surface area contributed by atoms with E-state index in [0.29, 0.717) is 10.6 Å². The molecule has 0 amide bonds. The van der Waals surface area contributed by atoms with Crippen molar-refractivity contribution in [1.82, 2.24) is 9.71 Å². The molecular formula is C12H13FN2O3S2. The molecule has 1 atom stereocenters. The second-order valence-electron chi connectivity index (χ2n) is 4.14. The van der Waals surface area contributed by atoms with Crippen LogP contribution in [0.4, 0.5) is 4.39 Å². The van der Waals surface area contributed by atoms with Crippen LogP contribution < -0.4 is 4.72 Å². The van der Waals surface area contributed by atoms with Gasteiger partial charge in [-0.3, -0.25) is 0 Å². The molecule has 0 saturated carbocycles. The molecule has 0 radical (unpaired) electrons. The molecule has 0 aliphatic heterocycles. The number of aliphatic hydroxyl groups is 1. The Bertz CT molecular complexity index is 687. The van der Waals surface area contributed by atoms with Gasteiger partial charge in [-0.1, -0.05) is 6.07 Å². The molecule has 0 fully saturated rings. The van der Waals surface area contributed by atoms with Gasteiger partial charge in [-0.2, -0.15) is 0 Å². The first-order chi connectivity index (χ1) is 9.44. The summed E-state index contributed by atoms with van der Waals surface area (Å²) in [6.07, 6.45) is 1.57. The third-order valence-corrected chi connectivity index (χ3v) is 5.15. The molecule has 1 aromatic carbocycles. The Kier molecular flexibility index (Phi) is 4.48. The van der Waals surface area contributed by atoms with Crippen LogP contribution in [-0.4, -0.2) is 18.5 Å². The number of thiazole rings is 1. The van der Waals surface area contributed by atoms with E-state index in [1.165, 1.54) is 17.4 Å². The Morgan fingerprint density at radius 2 is 2.25 bits per heavy atom. The predicted octanol–water partition coefficient (Wildman–Crippen LogP) is 1.81. The van der Waals surface area contributed by atoms with Gasteiger partial charge in [0.2, 0.25) is 10.0 Å². The fourth-order valence-electron chi connectivity index (χ4n) is 1.66. The van der Waals surface area contributed by atoms with Crippen LogP contribution in [0.25, 0.3) is 0 Å². The van der Waals surface area contributed by atoms with Gasteiger partial charge in [0.1, 0.15) is 15.7 Å². The van der Waals surface area contributed by atoms with Crippen molar-refractivity contribution < 1.29 is 17.9 Å². The van der Waals surface area contributed by atoms with Gasteiger partial charge in [0.25, 0.3) is 0 Å². The molecule has 0 aliphatic rings. The summed E-state index contributed by atoms with van der Waals surface area (Å²) >= 11 is 1.31. The second-order valence-corrected chi connectivity index (χ2v) is 6.74. The molecule has 0 bridgehead atoms. The lowest BCUT2D eigenvalue weighted by Crippen LogP contribution is -2.27. The highest BCUT2D eigenvalue weighted by atomic mass is 32.2. The summed E-state index contributed by atoms with van der Waals surface area (Å²) in [6, 6.07) is 2.96. The van der Waals surface area contributed by atoms with Crippen molar-refractivity contribution in [3.05, 3.63) is 46.2 Å². The first-order valence-electron chi connectivity index (χ1n) is 5.75. The van der Waals surface area contributed by atoms with Gasteiger partial charge in [-0.15, -0.1) is 11.3 Å². The molecule has 2 N–H and O–H groups in total. The number of halogens is 1. The summed E-state index contributed by atoms with van der Waals surface area (Å²) in [5.74, 6) is -0.893. The zero-order valence-electron chi connectivity index (χ0n) is 10.6. The van der Waals surface area contributed by atoms with Crippen molar-refractivity contribution in [2.75, 3.05) is 0 Å². The highest BCUT2D eigenvalue weighted by molar-refractivity contribution is 7.89. The number of hydrogen-bond acceptors (Lipinski definition) is 5. The van der Waals surface area contributed by atoms with Crippen molar-refractivity contribution in [2.24, 2.45) is 0 Å². The van der Waals surface area contributed by atoms with E-state index >= 15 is 0 Å². The fourth-order valence-corrected chi connectivity index (χ4v) is 3.64. The van der Waals surface area contributed by atoms with Crippen LogP contribution in [0.1, 0.15) is 23.5 Å². The first-order valence-corrected chi connectivity index (χ1v) is 8.11. The molecular weight excluding hydrogens is 303 g/mol. The number of aromatic nitrogens is 1. The number of aliphatic hydroxyl groups excluding tert-OH is 1. The SMILES string of the molecule is CC(NS(=O)(=O)c1ccc(CO)cc1F)c1nccs1. The highest BCUT2D eigenvalue weighted by Crippen LogP contribution is 2.21. The number of rotatable bonds is 5. The zero-order chi connectivity index (χ0) is 14.8. The average Bonchev–Trinajstić information content (AvgIpc) is 2.91. The van der Waals surface area contributed by atoms with Crippen LogP contribution in [0.5, 0.6) is 0 Å². The fraction of sp³-hybridized carbons (Fsp3) is 0.250. The smallest absolute Gasteiger partial charge is 0.244 e. The number of benzene rings is 1. The molecule has 20 heavy (non-hydrogen) atoms. The van der Waals surface area contributed by atoms with Crippen molar-refractivity contribution in [3.63, 3.8) is 0 Å². The maximum atomic E-state index is 13.8. The van der Waals surface area contributed by atoms with E-state index < -0.39 is 26.8 Å². The monoisotopic (exact) mass is 316 g/mol. The van der Waals surface area contributed by atoms with Crippen LogP contribution in [0.2, 0.25) is 0 Å². The molecule has 108 valence electrons. The molecule has 1 aromatic heterocycles. The molecule has 0 spiro atoms. The van der Waals surface area contributed by atoms with E-state index in [4.69, 9.17) is 5.11 Å². The minimum absolute atomic E-state index is 0.314. The zero-order valence-corrected chi connectivity index (χ0v) is 12.2. The summed E-state index contributed by atoms with van der Waals surface area (Å²) in [4.78, 5) is 3.56. The van der Waals surface area contributed by atoms with Crippen molar-refractivity contribution in [2.45, 2.75) is 24.5 Å². The van der Waals surface area contributed by atoms with Crippen LogP contribution in [-0.2, 0) is 16.6 Å². The third-order valence-electron chi connectivity index (χ3n) is 2.62. The standard InChI is InChI=1S/C12H13FN2O3S2/c1-8(12-14-4-5-19-12)15-20(17,18)11-3-2-9(7-16)6-10(11)13/h2-6,8,15-16H,7H2,1H3. The normalized spacial score (nSPS) is 13.3. The van der Waals surface area contributed by atoms with E-state index in [9.17, 15) is 12.8 Å². The predicted molar refractivity (Wildman–Crippen MR) is 73.2 cm³/mol. The molecule has 0 saturated heterocycles. The van der Waals surface area contributed by atoms with Crippen molar-refractivity contribution in [3.8, 4) is 0 Å². The van der Waals surface area contributed by atoms with Crippen LogP contribution >= 0.6 is 11.3 Å². The van der Waals surface area contributed by atoms with Gasteiger partial charge in [-0.05, 0) is 24.6 Å². The molecule has 2 rings (SSSR count). The summed E-state index contributed by atoms with van der Waals surface area (Å²) in [7, 11) is -3.98. The van der Waals surface area contributed by atoms with Gasteiger partial charge in [-0.25, -0.2) is 22.5 Å².